The monoisotopic (exact) mass is 410 g/mol. The molecule has 0 aliphatic carbocycles. The van der Waals surface area contributed by atoms with Gasteiger partial charge in [0.15, 0.2) is 6.61 Å². The van der Waals surface area contributed by atoms with Crippen LogP contribution in [0, 0.1) is 6.92 Å². The number of likely N-dealkylation sites (N-methyl/N-ethyl adjacent to an activating group) is 1. The summed E-state index contributed by atoms with van der Waals surface area (Å²) in [6.07, 6.45) is 1.65. The zero-order valence-corrected chi connectivity index (χ0v) is 17.8. The summed E-state index contributed by atoms with van der Waals surface area (Å²) in [6.45, 7) is 8.97. The number of nitrogens with zero attached hydrogens (tertiary/aromatic N) is 6. The summed E-state index contributed by atoms with van der Waals surface area (Å²) < 4.78 is 5.72. The summed E-state index contributed by atoms with van der Waals surface area (Å²) in [5.41, 5.74) is 1.04. The molecule has 1 aromatic heterocycles. The summed E-state index contributed by atoms with van der Waals surface area (Å²) in [5, 5.41) is 0. The average molecular weight is 411 g/mol. The van der Waals surface area contributed by atoms with Crippen molar-refractivity contribution in [2.75, 3.05) is 75.8 Å². The molecule has 30 heavy (non-hydrogen) atoms. The number of aromatic nitrogens is 2. The molecule has 3 heterocycles. The number of ether oxygens (including phenoxy) is 1. The van der Waals surface area contributed by atoms with E-state index in [4.69, 9.17) is 4.74 Å². The molecule has 2 fully saturated rings. The molecule has 0 bridgehead atoms. The fourth-order valence-corrected chi connectivity index (χ4v) is 3.85. The van der Waals surface area contributed by atoms with Gasteiger partial charge in [-0.15, -0.1) is 0 Å². The summed E-state index contributed by atoms with van der Waals surface area (Å²) in [4.78, 5) is 30.3. The lowest BCUT2D eigenvalue weighted by Gasteiger charge is -2.36. The number of amides is 1. The van der Waals surface area contributed by atoms with Crippen LogP contribution in [0.1, 0.15) is 5.56 Å². The lowest BCUT2D eigenvalue weighted by atomic mass is 10.2. The maximum atomic E-state index is 12.6. The highest BCUT2D eigenvalue weighted by molar-refractivity contribution is 5.78. The van der Waals surface area contributed by atoms with E-state index in [0.717, 1.165) is 62.2 Å². The minimum Gasteiger partial charge on any atom is -0.484 e. The molecule has 2 aliphatic heterocycles. The van der Waals surface area contributed by atoms with E-state index in [2.05, 4.69) is 37.8 Å². The highest BCUT2D eigenvalue weighted by Crippen LogP contribution is 2.20. The zero-order chi connectivity index (χ0) is 20.9. The van der Waals surface area contributed by atoms with Crippen LogP contribution >= 0.6 is 0 Å². The summed E-state index contributed by atoms with van der Waals surface area (Å²) >= 11 is 0. The van der Waals surface area contributed by atoms with Crippen LogP contribution in [0.25, 0.3) is 0 Å². The molecule has 160 valence electrons. The van der Waals surface area contributed by atoms with E-state index in [9.17, 15) is 4.79 Å². The summed E-state index contributed by atoms with van der Waals surface area (Å²) in [5.74, 6) is 2.71. The number of para-hydroxylation sites is 1. The summed E-state index contributed by atoms with van der Waals surface area (Å²) in [6, 6.07) is 9.84. The Bertz CT molecular complexity index is 860. The van der Waals surface area contributed by atoms with E-state index in [-0.39, 0.29) is 12.5 Å². The van der Waals surface area contributed by atoms with E-state index >= 15 is 0 Å². The summed E-state index contributed by atoms with van der Waals surface area (Å²) in [7, 11) is 2.15. The van der Waals surface area contributed by atoms with Gasteiger partial charge in [-0.25, -0.2) is 9.97 Å². The Kier molecular flexibility index (Phi) is 6.32. The smallest absolute Gasteiger partial charge is 0.260 e. The molecule has 0 N–H and O–H groups in total. The number of benzene rings is 1. The van der Waals surface area contributed by atoms with Crippen molar-refractivity contribution in [3.05, 3.63) is 42.2 Å². The molecule has 0 radical (unpaired) electrons. The van der Waals surface area contributed by atoms with Crippen molar-refractivity contribution in [3.63, 3.8) is 0 Å². The Labute approximate surface area is 178 Å². The Morgan fingerprint density at radius 1 is 0.933 bits per heavy atom. The SMILES string of the molecule is Cc1ccccc1OCC(=O)N1CCN(c2cc(N3CCN(C)CC3)ncn2)CC1. The van der Waals surface area contributed by atoms with Crippen LogP contribution in [0.5, 0.6) is 5.75 Å². The average Bonchev–Trinajstić information content (AvgIpc) is 2.79. The number of hydrogen-bond acceptors (Lipinski definition) is 7. The molecule has 0 saturated carbocycles. The standard InChI is InChI=1S/C22H30N6O2/c1-18-5-3-4-6-19(18)30-16-22(29)28-13-11-27(12-14-28)21-15-20(23-17-24-21)26-9-7-25(2)8-10-26/h3-6,15,17H,7-14,16H2,1-2H3. The maximum Gasteiger partial charge on any atom is 0.260 e. The second-order valence-electron chi connectivity index (χ2n) is 7.95. The molecule has 0 unspecified atom stereocenters. The predicted octanol–water partition coefficient (Wildman–Crippen LogP) is 1.26. The normalized spacial score (nSPS) is 17.9. The highest BCUT2D eigenvalue weighted by Gasteiger charge is 2.23. The van der Waals surface area contributed by atoms with Gasteiger partial charge in [-0.1, -0.05) is 18.2 Å². The van der Waals surface area contributed by atoms with Crippen LogP contribution in [0.4, 0.5) is 11.6 Å². The first-order chi connectivity index (χ1) is 14.6. The van der Waals surface area contributed by atoms with Crippen LogP contribution < -0.4 is 14.5 Å². The minimum absolute atomic E-state index is 0.0266. The second-order valence-corrected chi connectivity index (χ2v) is 7.95. The molecule has 2 aromatic rings. The van der Waals surface area contributed by atoms with Gasteiger partial charge in [0, 0.05) is 58.4 Å². The van der Waals surface area contributed by atoms with Crippen molar-refractivity contribution < 1.29 is 9.53 Å². The van der Waals surface area contributed by atoms with E-state index < -0.39 is 0 Å². The van der Waals surface area contributed by atoms with E-state index in [0.29, 0.717) is 13.1 Å². The number of carbonyl (C=O) groups is 1. The fraction of sp³-hybridized carbons (Fsp3) is 0.500. The van der Waals surface area contributed by atoms with Gasteiger partial charge in [0.2, 0.25) is 0 Å². The molecule has 0 atom stereocenters. The van der Waals surface area contributed by atoms with Gasteiger partial charge in [-0.3, -0.25) is 4.79 Å². The van der Waals surface area contributed by atoms with Crippen molar-refractivity contribution in [2.45, 2.75) is 6.92 Å². The minimum atomic E-state index is 0.0266. The number of anilines is 2. The van der Waals surface area contributed by atoms with Gasteiger partial charge in [0.25, 0.3) is 5.91 Å². The molecule has 2 aliphatic rings. The molecular weight excluding hydrogens is 380 g/mol. The first kappa shape index (κ1) is 20.4. The fourth-order valence-electron chi connectivity index (χ4n) is 3.85. The number of rotatable bonds is 5. The number of aryl methyl sites for hydroxylation is 1. The third-order valence-electron chi connectivity index (χ3n) is 5.87. The van der Waals surface area contributed by atoms with E-state index in [1.807, 2.05) is 36.1 Å². The van der Waals surface area contributed by atoms with Crippen molar-refractivity contribution >= 4 is 17.5 Å². The van der Waals surface area contributed by atoms with E-state index in [1.165, 1.54) is 0 Å². The molecule has 8 nitrogen and oxygen atoms in total. The maximum absolute atomic E-state index is 12.6. The third kappa shape index (κ3) is 4.81. The topological polar surface area (TPSA) is 65.0 Å². The molecule has 1 aromatic carbocycles. The first-order valence-corrected chi connectivity index (χ1v) is 10.6. The van der Waals surface area contributed by atoms with Crippen LogP contribution in [-0.4, -0.2) is 91.7 Å². The lowest BCUT2D eigenvalue weighted by molar-refractivity contribution is -0.133. The number of carbonyl (C=O) groups excluding carboxylic acids is 1. The Balaban J connectivity index is 1.29. The Morgan fingerprint density at radius 3 is 2.17 bits per heavy atom. The van der Waals surface area contributed by atoms with Crippen LogP contribution in [0.15, 0.2) is 36.7 Å². The van der Waals surface area contributed by atoms with E-state index in [1.54, 1.807) is 6.33 Å². The van der Waals surface area contributed by atoms with Crippen molar-refractivity contribution in [3.8, 4) is 5.75 Å². The molecular formula is C22H30N6O2. The molecule has 4 rings (SSSR count). The first-order valence-electron chi connectivity index (χ1n) is 10.6. The van der Waals surface area contributed by atoms with Gasteiger partial charge < -0.3 is 24.3 Å². The number of hydrogen-bond donors (Lipinski definition) is 0. The third-order valence-corrected chi connectivity index (χ3v) is 5.87. The van der Waals surface area contributed by atoms with Crippen LogP contribution in [-0.2, 0) is 4.79 Å². The van der Waals surface area contributed by atoms with Gasteiger partial charge in [-0.05, 0) is 25.6 Å². The second kappa shape index (κ2) is 9.30. The molecule has 0 spiro atoms. The van der Waals surface area contributed by atoms with Gasteiger partial charge in [-0.2, -0.15) is 0 Å². The lowest BCUT2D eigenvalue weighted by Crippen LogP contribution is -2.50. The molecule has 2 saturated heterocycles. The van der Waals surface area contributed by atoms with Crippen molar-refractivity contribution in [2.24, 2.45) is 0 Å². The quantitative estimate of drug-likeness (QED) is 0.735. The van der Waals surface area contributed by atoms with Gasteiger partial charge in [0.1, 0.15) is 23.7 Å². The van der Waals surface area contributed by atoms with Crippen molar-refractivity contribution in [1.29, 1.82) is 0 Å². The molecule has 1 amide bonds. The van der Waals surface area contributed by atoms with Gasteiger partial charge in [0.05, 0.1) is 0 Å². The number of piperazine rings is 2. The van der Waals surface area contributed by atoms with Crippen molar-refractivity contribution in [1.82, 2.24) is 19.8 Å². The zero-order valence-electron chi connectivity index (χ0n) is 17.8. The van der Waals surface area contributed by atoms with Crippen LogP contribution in [0.2, 0.25) is 0 Å². The largest absolute Gasteiger partial charge is 0.484 e. The van der Waals surface area contributed by atoms with Crippen LogP contribution in [0.3, 0.4) is 0 Å². The Morgan fingerprint density at radius 2 is 1.53 bits per heavy atom. The predicted molar refractivity (Wildman–Crippen MR) is 117 cm³/mol. The molecule has 8 heteroatoms. The highest BCUT2D eigenvalue weighted by atomic mass is 16.5. The van der Waals surface area contributed by atoms with Gasteiger partial charge >= 0.3 is 0 Å². The Hall–Kier alpha value is -2.87.